The monoisotopic (exact) mass is 344 g/mol. The van der Waals surface area contributed by atoms with Crippen molar-refractivity contribution in [1.82, 2.24) is 5.32 Å². The number of amides is 1. The van der Waals surface area contributed by atoms with E-state index in [2.05, 4.69) is 17.4 Å². The van der Waals surface area contributed by atoms with Gasteiger partial charge < -0.3 is 20.5 Å². The first-order valence-corrected chi connectivity index (χ1v) is 9.60. The number of hydrogen-bond donors (Lipinski definition) is 2. The van der Waals surface area contributed by atoms with Gasteiger partial charge in [0.25, 0.3) is 0 Å². The van der Waals surface area contributed by atoms with Gasteiger partial charge in [-0.3, -0.25) is 4.79 Å². The number of nitrogens with two attached hydrogens (primary N) is 1. The van der Waals surface area contributed by atoms with Crippen LogP contribution in [0.1, 0.15) is 50.5 Å². The zero-order valence-electron chi connectivity index (χ0n) is 14.8. The summed E-state index contributed by atoms with van der Waals surface area (Å²) >= 11 is 0. The molecule has 4 rings (SSSR count). The molecular weight excluding hydrogens is 316 g/mol. The summed E-state index contributed by atoms with van der Waals surface area (Å²) < 4.78 is 11.4. The van der Waals surface area contributed by atoms with Gasteiger partial charge in [-0.25, -0.2) is 0 Å². The lowest BCUT2D eigenvalue weighted by molar-refractivity contribution is -0.125. The lowest BCUT2D eigenvalue weighted by atomic mass is 9.78. The van der Waals surface area contributed by atoms with Crippen molar-refractivity contribution in [3.05, 3.63) is 23.8 Å². The van der Waals surface area contributed by atoms with E-state index in [0.29, 0.717) is 19.8 Å². The van der Waals surface area contributed by atoms with E-state index in [9.17, 15) is 4.79 Å². The third-order valence-electron chi connectivity index (χ3n) is 6.16. The minimum Gasteiger partial charge on any atom is -0.486 e. The summed E-state index contributed by atoms with van der Waals surface area (Å²) in [7, 11) is 0. The fraction of sp³-hybridized carbons (Fsp3) is 0.650. The molecule has 3 aliphatic rings. The van der Waals surface area contributed by atoms with Crippen LogP contribution in [0.4, 0.5) is 0 Å². The highest BCUT2D eigenvalue weighted by Crippen LogP contribution is 2.44. The molecule has 0 radical (unpaired) electrons. The number of rotatable bonds is 4. The van der Waals surface area contributed by atoms with Crippen LogP contribution in [0.2, 0.25) is 0 Å². The van der Waals surface area contributed by atoms with Gasteiger partial charge in [-0.1, -0.05) is 18.9 Å². The molecule has 25 heavy (non-hydrogen) atoms. The van der Waals surface area contributed by atoms with Crippen LogP contribution >= 0.6 is 0 Å². The number of fused-ring (bicyclic) bond motifs is 1. The average molecular weight is 344 g/mol. The fourth-order valence-electron chi connectivity index (χ4n) is 4.65. The van der Waals surface area contributed by atoms with Crippen LogP contribution in [0, 0.1) is 5.92 Å². The van der Waals surface area contributed by atoms with Crippen molar-refractivity contribution in [3.8, 4) is 11.5 Å². The second-order valence-corrected chi connectivity index (χ2v) is 7.83. The largest absolute Gasteiger partial charge is 0.486 e. The van der Waals surface area contributed by atoms with Crippen molar-refractivity contribution in [2.45, 2.75) is 56.4 Å². The van der Waals surface area contributed by atoms with Crippen molar-refractivity contribution >= 4 is 5.91 Å². The van der Waals surface area contributed by atoms with Crippen LogP contribution in [0.25, 0.3) is 0 Å². The van der Waals surface area contributed by atoms with Crippen LogP contribution in [-0.4, -0.2) is 31.7 Å². The van der Waals surface area contributed by atoms with Crippen LogP contribution in [0.5, 0.6) is 11.5 Å². The van der Waals surface area contributed by atoms with Gasteiger partial charge in [-0.05, 0) is 49.8 Å². The highest BCUT2D eigenvalue weighted by Gasteiger charge is 2.38. The maximum absolute atomic E-state index is 12.5. The zero-order valence-corrected chi connectivity index (χ0v) is 14.8. The van der Waals surface area contributed by atoms with E-state index in [1.807, 2.05) is 6.07 Å². The number of ether oxygens (including phenoxy) is 2. The molecule has 0 spiro atoms. The molecular formula is C20H28N2O3. The Morgan fingerprint density at radius 2 is 1.92 bits per heavy atom. The molecule has 0 bridgehead atoms. The molecule has 0 aromatic heterocycles. The van der Waals surface area contributed by atoms with Crippen LogP contribution in [0.3, 0.4) is 0 Å². The summed E-state index contributed by atoms with van der Waals surface area (Å²) in [6.45, 7) is 1.91. The summed E-state index contributed by atoms with van der Waals surface area (Å²) in [5.74, 6) is 1.93. The van der Waals surface area contributed by atoms with E-state index in [-0.39, 0.29) is 23.3 Å². The fourth-order valence-corrected chi connectivity index (χ4v) is 4.65. The Morgan fingerprint density at radius 3 is 2.64 bits per heavy atom. The van der Waals surface area contributed by atoms with Gasteiger partial charge in [0.05, 0.1) is 0 Å². The van der Waals surface area contributed by atoms with Crippen LogP contribution in [0.15, 0.2) is 18.2 Å². The van der Waals surface area contributed by atoms with Gasteiger partial charge in [-0.2, -0.15) is 0 Å². The minimum atomic E-state index is 0.0201. The highest BCUT2D eigenvalue weighted by atomic mass is 16.6. The maximum atomic E-state index is 12.5. The lowest BCUT2D eigenvalue weighted by Gasteiger charge is -2.31. The van der Waals surface area contributed by atoms with Gasteiger partial charge in [0.1, 0.15) is 13.2 Å². The molecule has 5 heteroatoms. The summed E-state index contributed by atoms with van der Waals surface area (Å²) in [4.78, 5) is 12.5. The van der Waals surface area contributed by atoms with Gasteiger partial charge in [0.2, 0.25) is 5.91 Å². The molecule has 1 aromatic carbocycles. The van der Waals surface area contributed by atoms with Crippen LogP contribution < -0.4 is 20.5 Å². The molecule has 5 nitrogen and oxygen atoms in total. The van der Waals surface area contributed by atoms with Gasteiger partial charge >= 0.3 is 0 Å². The second kappa shape index (κ2) is 6.87. The van der Waals surface area contributed by atoms with E-state index < -0.39 is 0 Å². The Morgan fingerprint density at radius 1 is 1.16 bits per heavy atom. The summed E-state index contributed by atoms with van der Waals surface area (Å²) in [6, 6.07) is 6.48. The third kappa shape index (κ3) is 3.34. The Hall–Kier alpha value is -1.75. The standard InChI is InChI=1S/C20H28N2O3/c21-16-5-3-14(11-16)19(23)22-13-20(7-1-2-8-20)15-4-6-17-18(12-15)25-10-9-24-17/h4,6,12,14,16H,1-3,5,7-11,13,21H2,(H,22,23). The molecule has 1 aliphatic heterocycles. The van der Waals surface area contributed by atoms with E-state index >= 15 is 0 Å². The number of carbonyl (C=O) groups excluding carboxylic acids is 1. The Balaban J connectivity index is 1.49. The molecule has 1 heterocycles. The van der Waals surface area contributed by atoms with Crippen molar-refractivity contribution in [1.29, 1.82) is 0 Å². The van der Waals surface area contributed by atoms with E-state index in [4.69, 9.17) is 15.2 Å². The predicted octanol–water partition coefficient (Wildman–Crippen LogP) is 2.51. The van der Waals surface area contributed by atoms with E-state index in [1.54, 1.807) is 0 Å². The molecule has 1 aromatic rings. The molecule has 0 saturated heterocycles. The van der Waals surface area contributed by atoms with Crippen molar-refractivity contribution in [3.63, 3.8) is 0 Å². The first-order valence-electron chi connectivity index (χ1n) is 9.60. The van der Waals surface area contributed by atoms with Gasteiger partial charge in [-0.15, -0.1) is 0 Å². The zero-order chi connectivity index (χ0) is 17.3. The molecule has 2 unspecified atom stereocenters. The third-order valence-corrected chi connectivity index (χ3v) is 6.16. The molecule has 2 aliphatic carbocycles. The summed E-state index contributed by atoms with van der Waals surface area (Å²) in [5, 5.41) is 3.24. The molecule has 2 atom stereocenters. The van der Waals surface area contributed by atoms with Crippen molar-refractivity contribution < 1.29 is 14.3 Å². The average Bonchev–Trinajstić information content (AvgIpc) is 3.29. The Labute approximate surface area is 149 Å². The van der Waals surface area contributed by atoms with E-state index in [1.165, 1.54) is 18.4 Å². The van der Waals surface area contributed by atoms with Crippen LogP contribution in [-0.2, 0) is 10.2 Å². The molecule has 136 valence electrons. The molecule has 2 fully saturated rings. The van der Waals surface area contributed by atoms with Crippen molar-refractivity contribution in [2.75, 3.05) is 19.8 Å². The Kier molecular flexibility index (Phi) is 4.59. The van der Waals surface area contributed by atoms with Gasteiger partial charge in [0, 0.05) is 23.9 Å². The quantitative estimate of drug-likeness (QED) is 0.880. The lowest BCUT2D eigenvalue weighted by Crippen LogP contribution is -2.41. The number of carbonyl (C=O) groups is 1. The maximum Gasteiger partial charge on any atom is 0.223 e. The normalized spacial score (nSPS) is 27.2. The first kappa shape index (κ1) is 16.7. The molecule has 3 N–H and O–H groups in total. The van der Waals surface area contributed by atoms with Gasteiger partial charge in [0.15, 0.2) is 11.5 Å². The molecule has 2 saturated carbocycles. The predicted molar refractivity (Wildman–Crippen MR) is 95.9 cm³/mol. The molecule has 1 amide bonds. The number of hydrogen-bond acceptors (Lipinski definition) is 4. The Bertz CT molecular complexity index is 640. The van der Waals surface area contributed by atoms with E-state index in [0.717, 1.165) is 43.6 Å². The second-order valence-electron chi connectivity index (χ2n) is 7.83. The first-order chi connectivity index (χ1) is 12.2. The summed E-state index contributed by atoms with van der Waals surface area (Å²) in [5.41, 5.74) is 7.24. The minimum absolute atomic E-state index is 0.0201. The number of nitrogens with one attached hydrogen (secondary N) is 1. The number of benzene rings is 1. The highest BCUT2D eigenvalue weighted by molar-refractivity contribution is 5.79. The topological polar surface area (TPSA) is 73.6 Å². The smallest absolute Gasteiger partial charge is 0.223 e. The van der Waals surface area contributed by atoms with Crippen molar-refractivity contribution in [2.24, 2.45) is 11.7 Å². The summed E-state index contributed by atoms with van der Waals surface area (Å²) in [6.07, 6.45) is 7.34. The SMILES string of the molecule is NC1CCC(C(=O)NCC2(c3ccc4c(c3)OCCO4)CCCC2)C1.